The minimum absolute atomic E-state index is 0.201. The Morgan fingerprint density at radius 2 is 1.78 bits per heavy atom. The second kappa shape index (κ2) is 8.10. The number of anilines is 1. The van der Waals surface area contributed by atoms with E-state index in [-0.39, 0.29) is 28.8 Å². The van der Waals surface area contributed by atoms with Crippen molar-refractivity contribution in [2.24, 2.45) is 0 Å². The van der Waals surface area contributed by atoms with Gasteiger partial charge in [0, 0.05) is 11.6 Å². The lowest BCUT2D eigenvalue weighted by Gasteiger charge is -2.13. The van der Waals surface area contributed by atoms with Gasteiger partial charge in [0.1, 0.15) is 11.3 Å². The fourth-order valence-corrected chi connectivity index (χ4v) is 3.01. The maximum Gasteiger partial charge on any atom is 0.341 e. The molecule has 0 saturated heterocycles. The van der Waals surface area contributed by atoms with Gasteiger partial charge in [-0.25, -0.2) is 4.79 Å². The molecule has 0 spiro atoms. The van der Waals surface area contributed by atoms with Gasteiger partial charge in [-0.15, -0.1) is 0 Å². The first-order chi connectivity index (χ1) is 13.0. The molecule has 0 heterocycles. The summed E-state index contributed by atoms with van der Waals surface area (Å²) in [5.41, 5.74) is 1.07. The molecule has 27 heavy (non-hydrogen) atoms. The predicted molar refractivity (Wildman–Crippen MR) is 106 cm³/mol. The predicted octanol–water partition coefficient (Wildman–Crippen LogP) is 4.93. The van der Waals surface area contributed by atoms with E-state index < -0.39 is 5.97 Å². The molecule has 0 atom stereocenters. The Kier molecular flexibility index (Phi) is 5.62. The molecule has 0 aliphatic carbocycles. The number of hydrogen-bond acceptors (Lipinski definition) is 4. The maximum atomic E-state index is 12.8. The van der Waals surface area contributed by atoms with Crippen LogP contribution in [0.1, 0.15) is 27.6 Å². The average Bonchev–Trinajstić information content (AvgIpc) is 2.68. The van der Waals surface area contributed by atoms with Gasteiger partial charge in [-0.2, -0.15) is 0 Å². The van der Waals surface area contributed by atoms with Crippen molar-refractivity contribution in [3.05, 3.63) is 70.7 Å². The molecule has 0 aliphatic heterocycles. The first-order valence-corrected chi connectivity index (χ1v) is 8.76. The average molecular weight is 384 g/mol. The van der Waals surface area contributed by atoms with E-state index in [2.05, 4.69) is 5.32 Å². The number of rotatable bonds is 5. The molecule has 6 heteroatoms. The third-order valence-corrected chi connectivity index (χ3v) is 4.38. The Morgan fingerprint density at radius 3 is 2.52 bits per heavy atom. The first-order valence-electron chi connectivity index (χ1n) is 8.39. The summed E-state index contributed by atoms with van der Waals surface area (Å²) in [7, 11) is 1.43. The van der Waals surface area contributed by atoms with Crippen LogP contribution in [0.3, 0.4) is 0 Å². The number of carbonyl (C=O) groups is 2. The molecule has 0 radical (unpaired) electrons. The first kappa shape index (κ1) is 18.7. The number of hydrogen-bond donors (Lipinski definition) is 1. The van der Waals surface area contributed by atoms with Crippen LogP contribution in [0.4, 0.5) is 5.69 Å². The summed E-state index contributed by atoms with van der Waals surface area (Å²) in [4.78, 5) is 24.8. The summed E-state index contributed by atoms with van der Waals surface area (Å²) in [6.07, 6.45) is 0. The van der Waals surface area contributed by atoms with E-state index in [9.17, 15) is 9.59 Å². The van der Waals surface area contributed by atoms with E-state index >= 15 is 0 Å². The molecule has 1 N–H and O–H groups in total. The lowest BCUT2D eigenvalue weighted by atomic mass is 10.0. The molecular formula is C21H18ClNO4. The van der Waals surface area contributed by atoms with Gasteiger partial charge >= 0.3 is 5.97 Å². The number of methoxy groups -OCH3 is 1. The summed E-state index contributed by atoms with van der Waals surface area (Å²) in [6.45, 7) is 1.95. The van der Waals surface area contributed by atoms with Crippen LogP contribution in [0.25, 0.3) is 10.8 Å². The summed E-state index contributed by atoms with van der Waals surface area (Å²) in [5.74, 6) is -0.575. The van der Waals surface area contributed by atoms with Crippen LogP contribution in [0.5, 0.6) is 5.75 Å². The topological polar surface area (TPSA) is 64.6 Å². The fraction of sp³-hybridized carbons (Fsp3) is 0.143. The van der Waals surface area contributed by atoms with Crippen LogP contribution in [0.2, 0.25) is 5.02 Å². The molecule has 3 rings (SSSR count). The SMILES string of the molecule is CCOC(=O)c1cc(Cl)c(NC(=O)c2cccc3ccccc23)cc1OC. The summed E-state index contributed by atoms with van der Waals surface area (Å²) >= 11 is 6.27. The zero-order chi connectivity index (χ0) is 19.4. The van der Waals surface area contributed by atoms with Crippen LogP contribution in [0.15, 0.2) is 54.6 Å². The Bertz CT molecular complexity index is 1010. The quantitative estimate of drug-likeness (QED) is 0.634. The van der Waals surface area contributed by atoms with Crippen molar-refractivity contribution in [2.75, 3.05) is 19.0 Å². The van der Waals surface area contributed by atoms with Crippen molar-refractivity contribution in [1.82, 2.24) is 0 Å². The summed E-state index contributed by atoms with van der Waals surface area (Å²) in [6, 6.07) is 16.1. The second-order valence-corrected chi connectivity index (χ2v) is 6.14. The smallest absolute Gasteiger partial charge is 0.341 e. The van der Waals surface area contributed by atoms with Gasteiger partial charge < -0.3 is 14.8 Å². The van der Waals surface area contributed by atoms with Gasteiger partial charge in [-0.1, -0.05) is 48.0 Å². The van der Waals surface area contributed by atoms with Crippen LogP contribution >= 0.6 is 11.6 Å². The lowest BCUT2D eigenvalue weighted by molar-refractivity contribution is 0.0522. The van der Waals surface area contributed by atoms with Gasteiger partial charge in [0.25, 0.3) is 5.91 Å². The van der Waals surface area contributed by atoms with Crippen LogP contribution in [-0.4, -0.2) is 25.6 Å². The van der Waals surface area contributed by atoms with Crippen molar-refractivity contribution in [3.63, 3.8) is 0 Å². The molecule has 138 valence electrons. The minimum Gasteiger partial charge on any atom is -0.496 e. The molecule has 0 bridgehead atoms. The largest absolute Gasteiger partial charge is 0.496 e. The highest BCUT2D eigenvalue weighted by molar-refractivity contribution is 6.34. The summed E-state index contributed by atoms with van der Waals surface area (Å²) in [5, 5.41) is 4.80. The van der Waals surface area contributed by atoms with Gasteiger partial charge in [0.15, 0.2) is 0 Å². The molecule has 5 nitrogen and oxygen atoms in total. The zero-order valence-corrected chi connectivity index (χ0v) is 15.7. The second-order valence-electron chi connectivity index (χ2n) is 5.73. The Hall–Kier alpha value is -3.05. The van der Waals surface area contributed by atoms with E-state index in [1.165, 1.54) is 19.2 Å². The summed E-state index contributed by atoms with van der Waals surface area (Å²) < 4.78 is 10.3. The van der Waals surface area contributed by atoms with Crippen LogP contribution in [0, 0.1) is 0 Å². The maximum absolute atomic E-state index is 12.8. The third kappa shape index (κ3) is 3.88. The van der Waals surface area contributed by atoms with Crippen molar-refractivity contribution < 1.29 is 19.1 Å². The van der Waals surface area contributed by atoms with Gasteiger partial charge in [0.2, 0.25) is 0 Å². The number of carbonyl (C=O) groups excluding carboxylic acids is 2. The Morgan fingerprint density at radius 1 is 1.04 bits per heavy atom. The number of ether oxygens (including phenoxy) is 2. The molecule has 0 aliphatic rings. The molecule has 1 amide bonds. The number of fused-ring (bicyclic) bond motifs is 1. The van der Waals surface area contributed by atoms with E-state index in [4.69, 9.17) is 21.1 Å². The van der Waals surface area contributed by atoms with Crippen LogP contribution in [-0.2, 0) is 4.74 Å². The third-order valence-electron chi connectivity index (χ3n) is 4.07. The van der Waals surface area contributed by atoms with Crippen LogP contribution < -0.4 is 10.1 Å². The molecule has 0 aromatic heterocycles. The van der Waals surface area contributed by atoms with Crippen molar-refractivity contribution in [2.45, 2.75) is 6.92 Å². The van der Waals surface area contributed by atoms with E-state index in [1.54, 1.807) is 13.0 Å². The highest BCUT2D eigenvalue weighted by atomic mass is 35.5. The van der Waals surface area contributed by atoms with Crippen molar-refractivity contribution in [3.8, 4) is 5.75 Å². The molecule has 0 fully saturated rings. The van der Waals surface area contributed by atoms with Gasteiger partial charge in [-0.3, -0.25) is 4.79 Å². The Balaban J connectivity index is 1.95. The molecule has 0 saturated carbocycles. The van der Waals surface area contributed by atoms with Gasteiger partial charge in [0.05, 0.1) is 24.4 Å². The van der Waals surface area contributed by atoms with E-state index in [0.29, 0.717) is 11.3 Å². The number of amides is 1. The molecule has 0 unspecified atom stereocenters. The van der Waals surface area contributed by atoms with E-state index in [1.807, 2.05) is 36.4 Å². The molecule has 3 aromatic rings. The Labute approximate surface area is 161 Å². The highest BCUT2D eigenvalue weighted by Crippen LogP contribution is 2.32. The standard InChI is InChI=1S/C21H18ClNO4/c1-3-27-21(25)16-11-17(22)18(12-19(16)26-2)23-20(24)15-10-6-8-13-7-4-5-9-14(13)15/h4-12H,3H2,1-2H3,(H,23,24). The normalized spacial score (nSPS) is 10.5. The monoisotopic (exact) mass is 383 g/mol. The number of esters is 1. The van der Waals surface area contributed by atoms with Gasteiger partial charge in [-0.05, 0) is 29.8 Å². The number of halogens is 1. The van der Waals surface area contributed by atoms with Crippen molar-refractivity contribution in [1.29, 1.82) is 0 Å². The van der Waals surface area contributed by atoms with E-state index in [0.717, 1.165) is 10.8 Å². The number of benzene rings is 3. The zero-order valence-electron chi connectivity index (χ0n) is 14.9. The fourth-order valence-electron chi connectivity index (χ4n) is 2.80. The lowest BCUT2D eigenvalue weighted by Crippen LogP contribution is -2.14. The highest BCUT2D eigenvalue weighted by Gasteiger charge is 2.19. The minimum atomic E-state index is -0.539. The molecular weight excluding hydrogens is 366 g/mol. The molecule has 3 aromatic carbocycles. The van der Waals surface area contributed by atoms with Crippen molar-refractivity contribution >= 4 is 39.9 Å². The number of nitrogens with one attached hydrogen (secondary N) is 1.